The van der Waals surface area contributed by atoms with Crippen LogP contribution in [-0.2, 0) is 0 Å². The molecule has 18 heavy (non-hydrogen) atoms. The standard InChI is InChI=1S/C13H16ClNO3/c1-17-10-3-4-11(12(7-10)18-2)13(16)15-6-5-9(14)8-15/h3-4,7,9H,5-6,8H2,1-2H3. The van der Waals surface area contributed by atoms with E-state index in [1.165, 1.54) is 0 Å². The Morgan fingerprint density at radius 3 is 2.72 bits per heavy atom. The zero-order valence-corrected chi connectivity index (χ0v) is 11.2. The number of carbonyl (C=O) groups excluding carboxylic acids is 1. The predicted octanol–water partition coefficient (Wildman–Crippen LogP) is 2.16. The van der Waals surface area contributed by atoms with Crippen LogP contribution in [0.2, 0.25) is 0 Å². The molecule has 1 aromatic rings. The van der Waals surface area contributed by atoms with E-state index in [0.29, 0.717) is 30.2 Å². The summed E-state index contributed by atoms with van der Waals surface area (Å²) in [4.78, 5) is 14.1. The largest absolute Gasteiger partial charge is 0.497 e. The predicted molar refractivity (Wildman–Crippen MR) is 69.7 cm³/mol. The minimum Gasteiger partial charge on any atom is -0.497 e. The number of alkyl halides is 1. The summed E-state index contributed by atoms with van der Waals surface area (Å²) in [5.41, 5.74) is 0.545. The molecule has 1 aliphatic heterocycles. The van der Waals surface area contributed by atoms with E-state index in [4.69, 9.17) is 21.1 Å². The second kappa shape index (κ2) is 5.48. The Balaban J connectivity index is 2.24. The van der Waals surface area contributed by atoms with Crippen LogP contribution in [0, 0.1) is 0 Å². The van der Waals surface area contributed by atoms with Crippen LogP contribution < -0.4 is 9.47 Å². The lowest BCUT2D eigenvalue weighted by molar-refractivity contribution is 0.0789. The Kier molecular flexibility index (Phi) is 3.97. The second-order valence-electron chi connectivity index (χ2n) is 4.20. The van der Waals surface area contributed by atoms with Gasteiger partial charge >= 0.3 is 0 Å². The van der Waals surface area contributed by atoms with Gasteiger partial charge in [-0.05, 0) is 18.6 Å². The van der Waals surface area contributed by atoms with Crippen molar-refractivity contribution in [3.63, 3.8) is 0 Å². The van der Waals surface area contributed by atoms with Crippen LogP contribution in [0.3, 0.4) is 0 Å². The lowest BCUT2D eigenvalue weighted by Crippen LogP contribution is -2.29. The molecular formula is C13H16ClNO3. The van der Waals surface area contributed by atoms with Crippen LogP contribution in [0.1, 0.15) is 16.8 Å². The molecule has 1 heterocycles. The number of likely N-dealkylation sites (tertiary alicyclic amines) is 1. The van der Waals surface area contributed by atoms with Crippen molar-refractivity contribution in [1.82, 2.24) is 4.90 Å². The fourth-order valence-electron chi connectivity index (χ4n) is 2.05. The molecule has 5 heteroatoms. The molecule has 0 spiro atoms. The fourth-order valence-corrected chi connectivity index (χ4v) is 2.31. The van der Waals surface area contributed by atoms with E-state index in [-0.39, 0.29) is 11.3 Å². The number of hydrogen-bond donors (Lipinski definition) is 0. The van der Waals surface area contributed by atoms with Gasteiger partial charge in [-0.25, -0.2) is 0 Å². The monoisotopic (exact) mass is 269 g/mol. The summed E-state index contributed by atoms with van der Waals surface area (Å²) in [6, 6.07) is 5.19. The van der Waals surface area contributed by atoms with Crippen LogP contribution >= 0.6 is 11.6 Å². The number of halogens is 1. The molecular weight excluding hydrogens is 254 g/mol. The second-order valence-corrected chi connectivity index (χ2v) is 4.82. The summed E-state index contributed by atoms with van der Waals surface area (Å²) in [6.07, 6.45) is 0.839. The topological polar surface area (TPSA) is 38.8 Å². The van der Waals surface area contributed by atoms with Crippen molar-refractivity contribution in [3.8, 4) is 11.5 Å². The average Bonchev–Trinajstić information content (AvgIpc) is 2.83. The molecule has 1 saturated heterocycles. The molecule has 1 atom stereocenters. The van der Waals surface area contributed by atoms with Gasteiger partial charge in [0.1, 0.15) is 11.5 Å². The van der Waals surface area contributed by atoms with Gasteiger partial charge in [0.2, 0.25) is 0 Å². The van der Waals surface area contributed by atoms with Gasteiger partial charge in [0.15, 0.2) is 0 Å². The Morgan fingerprint density at radius 2 is 2.17 bits per heavy atom. The van der Waals surface area contributed by atoms with Crippen LogP contribution in [0.5, 0.6) is 11.5 Å². The highest BCUT2D eigenvalue weighted by Gasteiger charge is 2.27. The van der Waals surface area contributed by atoms with E-state index in [1.54, 1.807) is 37.3 Å². The molecule has 1 unspecified atom stereocenters. The van der Waals surface area contributed by atoms with Crippen molar-refractivity contribution < 1.29 is 14.3 Å². The first-order valence-corrected chi connectivity index (χ1v) is 6.24. The number of rotatable bonds is 3. The Bertz CT molecular complexity index is 450. The number of ether oxygens (including phenoxy) is 2. The lowest BCUT2D eigenvalue weighted by Gasteiger charge is -2.17. The molecule has 0 N–H and O–H groups in total. The van der Waals surface area contributed by atoms with Crippen molar-refractivity contribution in [2.45, 2.75) is 11.8 Å². The minimum absolute atomic E-state index is 0.0438. The molecule has 1 fully saturated rings. The first kappa shape index (κ1) is 13.0. The van der Waals surface area contributed by atoms with Crippen molar-refractivity contribution >= 4 is 17.5 Å². The van der Waals surface area contributed by atoms with E-state index >= 15 is 0 Å². The van der Waals surface area contributed by atoms with Crippen molar-refractivity contribution in [2.75, 3.05) is 27.3 Å². The van der Waals surface area contributed by atoms with Gasteiger partial charge in [-0.2, -0.15) is 0 Å². The molecule has 0 bridgehead atoms. The van der Waals surface area contributed by atoms with Gasteiger partial charge in [-0.1, -0.05) is 0 Å². The third kappa shape index (κ3) is 2.53. The first-order chi connectivity index (χ1) is 8.65. The molecule has 1 aromatic carbocycles. The SMILES string of the molecule is COc1ccc(C(=O)N2CCC(Cl)C2)c(OC)c1. The van der Waals surface area contributed by atoms with Crippen LogP contribution in [0.4, 0.5) is 0 Å². The van der Waals surface area contributed by atoms with Gasteiger partial charge < -0.3 is 14.4 Å². The van der Waals surface area contributed by atoms with Gasteiger partial charge in [0.25, 0.3) is 5.91 Å². The van der Waals surface area contributed by atoms with Gasteiger partial charge in [0, 0.05) is 19.2 Å². The number of methoxy groups -OCH3 is 2. The average molecular weight is 270 g/mol. The zero-order chi connectivity index (χ0) is 13.1. The van der Waals surface area contributed by atoms with E-state index in [9.17, 15) is 4.79 Å². The molecule has 0 aliphatic carbocycles. The summed E-state index contributed by atoms with van der Waals surface area (Å²) in [5.74, 6) is 1.15. The summed E-state index contributed by atoms with van der Waals surface area (Å²) in [5, 5.41) is 0.0539. The van der Waals surface area contributed by atoms with Crippen molar-refractivity contribution in [3.05, 3.63) is 23.8 Å². The number of hydrogen-bond acceptors (Lipinski definition) is 3. The normalized spacial score (nSPS) is 18.8. The maximum absolute atomic E-state index is 12.3. The molecule has 1 amide bonds. The number of benzene rings is 1. The van der Waals surface area contributed by atoms with Crippen molar-refractivity contribution in [1.29, 1.82) is 0 Å². The fraction of sp³-hybridized carbons (Fsp3) is 0.462. The summed E-state index contributed by atoms with van der Waals surface area (Å²) in [6.45, 7) is 1.29. The third-order valence-corrected chi connectivity index (χ3v) is 3.41. The third-order valence-electron chi connectivity index (χ3n) is 3.06. The highest BCUT2D eigenvalue weighted by Crippen LogP contribution is 2.27. The Labute approximate surface area is 111 Å². The first-order valence-electron chi connectivity index (χ1n) is 5.81. The van der Waals surface area contributed by atoms with Gasteiger partial charge in [-0.3, -0.25) is 4.79 Å². The van der Waals surface area contributed by atoms with Gasteiger partial charge in [-0.15, -0.1) is 11.6 Å². The lowest BCUT2D eigenvalue weighted by atomic mass is 10.1. The van der Waals surface area contributed by atoms with E-state index in [2.05, 4.69) is 0 Å². The van der Waals surface area contributed by atoms with Crippen LogP contribution in [0.25, 0.3) is 0 Å². The summed E-state index contributed by atoms with van der Waals surface area (Å²) < 4.78 is 10.3. The zero-order valence-electron chi connectivity index (χ0n) is 10.5. The smallest absolute Gasteiger partial charge is 0.257 e. The minimum atomic E-state index is -0.0438. The van der Waals surface area contributed by atoms with Crippen LogP contribution in [-0.4, -0.2) is 43.5 Å². The van der Waals surface area contributed by atoms with E-state index in [1.807, 2.05) is 0 Å². The Morgan fingerprint density at radius 1 is 1.39 bits per heavy atom. The summed E-state index contributed by atoms with van der Waals surface area (Å²) in [7, 11) is 3.12. The number of nitrogens with zero attached hydrogens (tertiary/aromatic N) is 1. The molecule has 4 nitrogen and oxygen atoms in total. The Hall–Kier alpha value is -1.42. The van der Waals surface area contributed by atoms with Gasteiger partial charge in [0.05, 0.1) is 25.2 Å². The van der Waals surface area contributed by atoms with E-state index in [0.717, 1.165) is 6.42 Å². The maximum Gasteiger partial charge on any atom is 0.257 e. The highest BCUT2D eigenvalue weighted by atomic mass is 35.5. The number of amides is 1. The molecule has 2 rings (SSSR count). The number of carbonyl (C=O) groups is 1. The molecule has 98 valence electrons. The quantitative estimate of drug-likeness (QED) is 0.790. The van der Waals surface area contributed by atoms with E-state index < -0.39 is 0 Å². The maximum atomic E-state index is 12.3. The molecule has 0 aromatic heterocycles. The summed E-state index contributed by atoms with van der Waals surface area (Å²) >= 11 is 6.01. The molecule has 0 radical (unpaired) electrons. The molecule has 0 saturated carbocycles. The highest BCUT2D eigenvalue weighted by molar-refractivity contribution is 6.21. The van der Waals surface area contributed by atoms with Crippen molar-refractivity contribution in [2.24, 2.45) is 0 Å². The molecule has 1 aliphatic rings. The van der Waals surface area contributed by atoms with Crippen LogP contribution in [0.15, 0.2) is 18.2 Å².